The van der Waals surface area contributed by atoms with Crippen LogP contribution in [0.25, 0.3) is 0 Å². The Balaban J connectivity index is 2.09. The molecule has 2 rings (SSSR count). The van der Waals surface area contributed by atoms with Crippen LogP contribution in [0.2, 0.25) is 10.0 Å². The average molecular weight is 312 g/mol. The van der Waals surface area contributed by atoms with Gasteiger partial charge in [0.25, 0.3) is 0 Å². The third-order valence-corrected chi connectivity index (χ3v) is 4.04. The fourth-order valence-corrected chi connectivity index (χ4v) is 2.48. The van der Waals surface area contributed by atoms with Crippen molar-refractivity contribution in [3.05, 3.63) is 69.5 Å². The maximum absolute atomic E-state index is 13.7. The van der Waals surface area contributed by atoms with Crippen LogP contribution >= 0.6 is 23.2 Å². The maximum atomic E-state index is 13.7. The Hall–Kier alpha value is -1.09. The molecule has 0 aliphatic carbocycles. The van der Waals surface area contributed by atoms with E-state index in [1.807, 2.05) is 31.3 Å². The van der Waals surface area contributed by atoms with E-state index >= 15 is 0 Å². The molecule has 0 fully saturated rings. The second-order valence-corrected chi connectivity index (χ2v) is 5.55. The number of likely N-dealkylation sites (N-methyl/N-ethyl adjacent to an activating group) is 1. The van der Waals surface area contributed by atoms with Gasteiger partial charge in [-0.1, -0.05) is 47.5 Å². The molecule has 1 N–H and O–H groups in total. The normalized spacial score (nSPS) is 12.4. The van der Waals surface area contributed by atoms with Crippen LogP contribution in [0.15, 0.2) is 42.5 Å². The zero-order valence-electron chi connectivity index (χ0n) is 11.2. The predicted octanol–water partition coefficient (Wildman–Crippen LogP) is 4.51. The van der Waals surface area contributed by atoms with Crippen LogP contribution in [0.5, 0.6) is 0 Å². The summed E-state index contributed by atoms with van der Waals surface area (Å²) in [6.45, 7) is 0. The average Bonchev–Trinajstić information content (AvgIpc) is 2.44. The summed E-state index contributed by atoms with van der Waals surface area (Å²) in [5.74, 6) is -0.165. The molecule has 106 valence electrons. The van der Waals surface area contributed by atoms with Gasteiger partial charge in [-0.3, -0.25) is 0 Å². The standard InChI is InChI=1S/C16H16Cl2FN/c1-20-13(10-12-4-2-3-5-16(12)19)8-11-6-7-14(17)15(18)9-11/h2-7,9,13,20H,8,10H2,1H3. The van der Waals surface area contributed by atoms with Crippen LogP contribution in [0.4, 0.5) is 4.39 Å². The Labute approximate surface area is 128 Å². The number of rotatable bonds is 5. The predicted molar refractivity (Wildman–Crippen MR) is 83.1 cm³/mol. The summed E-state index contributed by atoms with van der Waals surface area (Å²) in [5.41, 5.74) is 1.79. The third-order valence-electron chi connectivity index (χ3n) is 3.30. The molecule has 0 aromatic heterocycles. The molecule has 2 aromatic carbocycles. The lowest BCUT2D eigenvalue weighted by Gasteiger charge is -2.17. The topological polar surface area (TPSA) is 12.0 Å². The summed E-state index contributed by atoms with van der Waals surface area (Å²) >= 11 is 11.9. The van der Waals surface area contributed by atoms with Crippen LogP contribution in [0.1, 0.15) is 11.1 Å². The lowest BCUT2D eigenvalue weighted by molar-refractivity contribution is 0.532. The third kappa shape index (κ3) is 3.95. The minimum absolute atomic E-state index is 0.143. The summed E-state index contributed by atoms with van der Waals surface area (Å²) in [6.07, 6.45) is 1.39. The Kier molecular flexibility index (Phi) is 5.41. The molecule has 1 nitrogen and oxygen atoms in total. The van der Waals surface area contributed by atoms with Gasteiger partial charge in [-0.15, -0.1) is 0 Å². The van der Waals surface area contributed by atoms with Gasteiger partial charge < -0.3 is 5.32 Å². The van der Waals surface area contributed by atoms with E-state index in [4.69, 9.17) is 23.2 Å². The number of benzene rings is 2. The van der Waals surface area contributed by atoms with E-state index in [9.17, 15) is 4.39 Å². The van der Waals surface area contributed by atoms with Crippen molar-refractivity contribution in [2.75, 3.05) is 7.05 Å². The molecular weight excluding hydrogens is 296 g/mol. The number of hydrogen-bond acceptors (Lipinski definition) is 1. The van der Waals surface area contributed by atoms with E-state index in [-0.39, 0.29) is 11.9 Å². The number of hydrogen-bond donors (Lipinski definition) is 1. The molecular formula is C16H16Cl2FN. The minimum Gasteiger partial charge on any atom is -0.316 e. The van der Waals surface area contributed by atoms with E-state index < -0.39 is 0 Å². The SMILES string of the molecule is CNC(Cc1ccc(Cl)c(Cl)c1)Cc1ccccc1F. The van der Waals surface area contributed by atoms with Gasteiger partial charge in [0, 0.05) is 6.04 Å². The van der Waals surface area contributed by atoms with E-state index in [1.165, 1.54) is 6.07 Å². The van der Waals surface area contributed by atoms with E-state index in [0.717, 1.165) is 12.0 Å². The number of halogens is 3. The molecule has 0 saturated heterocycles. The lowest BCUT2D eigenvalue weighted by atomic mass is 9.99. The maximum Gasteiger partial charge on any atom is 0.126 e. The first kappa shape index (κ1) is 15.3. The van der Waals surface area contributed by atoms with Crippen molar-refractivity contribution >= 4 is 23.2 Å². The molecule has 0 bridgehead atoms. The molecule has 4 heteroatoms. The second kappa shape index (κ2) is 7.07. The first-order chi connectivity index (χ1) is 9.60. The van der Waals surface area contributed by atoms with Gasteiger partial charge in [0.1, 0.15) is 5.82 Å². The van der Waals surface area contributed by atoms with Gasteiger partial charge >= 0.3 is 0 Å². The van der Waals surface area contributed by atoms with Crippen molar-refractivity contribution in [3.63, 3.8) is 0 Å². The highest BCUT2D eigenvalue weighted by Gasteiger charge is 2.12. The van der Waals surface area contributed by atoms with E-state index in [2.05, 4.69) is 5.32 Å². The van der Waals surface area contributed by atoms with Crippen LogP contribution in [0, 0.1) is 5.82 Å². The Morgan fingerprint density at radius 3 is 2.45 bits per heavy atom. The molecule has 0 amide bonds. The highest BCUT2D eigenvalue weighted by molar-refractivity contribution is 6.42. The molecule has 0 spiro atoms. The van der Waals surface area contributed by atoms with Crippen molar-refractivity contribution in [2.24, 2.45) is 0 Å². The van der Waals surface area contributed by atoms with Gasteiger partial charge in [0.05, 0.1) is 10.0 Å². The van der Waals surface area contributed by atoms with Gasteiger partial charge in [-0.25, -0.2) is 4.39 Å². The van der Waals surface area contributed by atoms with E-state index in [1.54, 1.807) is 12.1 Å². The monoisotopic (exact) mass is 311 g/mol. The largest absolute Gasteiger partial charge is 0.316 e. The quantitative estimate of drug-likeness (QED) is 0.857. The zero-order chi connectivity index (χ0) is 14.5. The van der Waals surface area contributed by atoms with Crippen molar-refractivity contribution in [3.8, 4) is 0 Å². The molecule has 0 aliphatic heterocycles. The highest BCUT2D eigenvalue weighted by atomic mass is 35.5. The van der Waals surface area contributed by atoms with Crippen molar-refractivity contribution in [1.82, 2.24) is 5.32 Å². The summed E-state index contributed by atoms with van der Waals surface area (Å²) in [5, 5.41) is 4.31. The van der Waals surface area contributed by atoms with Crippen molar-refractivity contribution < 1.29 is 4.39 Å². The van der Waals surface area contributed by atoms with Gasteiger partial charge in [-0.05, 0) is 49.2 Å². The van der Waals surface area contributed by atoms with Crippen LogP contribution in [-0.2, 0) is 12.8 Å². The number of nitrogens with one attached hydrogen (secondary N) is 1. The zero-order valence-corrected chi connectivity index (χ0v) is 12.7. The Morgan fingerprint density at radius 1 is 1.05 bits per heavy atom. The molecule has 0 saturated carbocycles. The van der Waals surface area contributed by atoms with E-state index in [0.29, 0.717) is 22.0 Å². The van der Waals surface area contributed by atoms with Gasteiger partial charge in [0.2, 0.25) is 0 Å². The fourth-order valence-electron chi connectivity index (χ4n) is 2.16. The molecule has 20 heavy (non-hydrogen) atoms. The van der Waals surface area contributed by atoms with Crippen LogP contribution in [0.3, 0.4) is 0 Å². The summed E-state index contributed by atoms with van der Waals surface area (Å²) in [4.78, 5) is 0. The molecule has 0 aliphatic rings. The summed E-state index contributed by atoms with van der Waals surface area (Å²) in [6, 6.07) is 12.6. The minimum atomic E-state index is -0.165. The molecule has 2 aromatic rings. The smallest absolute Gasteiger partial charge is 0.126 e. The molecule has 1 unspecified atom stereocenters. The molecule has 0 radical (unpaired) electrons. The molecule has 0 heterocycles. The van der Waals surface area contributed by atoms with Crippen molar-refractivity contribution in [1.29, 1.82) is 0 Å². The molecule has 1 atom stereocenters. The van der Waals surface area contributed by atoms with Gasteiger partial charge in [-0.2, -0.15) is 0 Å². The second-order valence-electron chi connectivity index (χ2n) is 4.73. The van der Waals surface area contributed by atoms with Crippen molar-refractivity contribution in [2.45, 2.75) is 18.9 Å². The highest BCUT2D eigenvalue weighted by Crippen LogP contribution is 2.23. The van der Waals surface area contributed by atoms with Crippen LogP contribution < -0.4 is 5.32 Å². The summed E-state index contributed by atoms with van der Waals surface area (Å²) < 4.78 is 13.7. The first-order valence-electron chi connectivity index (χ1n) is 6.44. The Morgan fingerprint density at radius 2 is 1.80 bits per heavy atom. The lowest BCUT2D eigenvalue weighted by Crippen LogP contribution is -2.30. The van der Waals surface area contributed by atoms with Crippen LogP contribution in [-0.4, -0.2) is 13.1 Å². The fraction of sp³-hybridized carbons (Fsp3) is 0.250. The van der Waals surface area contributed by atoms with Gasteiger partial charge in [0.15, 0.2) is 0 Å². The Bertz CT molecular complexity index is 586. The first-order valence-corrected chi connectivity index (χ1v) is 7.20. The summed E-state index contributed by atoms with van der Waals surface area (Å²) in [7, 11) is 1.88.